The number of hydrogen-bond acceptors (Lipinski definition) is 2. The highest BCUT2D eigenvalue weighted by Gasteiger charge is 2.19. The van der Waals surface area contributed by atoms with Crippen LogP contribution in [0.25, 0.3) is 0 Å². The summed E-state index contributed by atoms with van der Waals surface area (Å²) in [5, 5.41) is 10.5. The Morgan fingerprint density at radius 2 is 2.05 bits per heavy atom. The van der Waals surface area contributed by atoms with Crippen molar-refractivity contribution in [2.75, 3.05) is 6.61 Å². The number of aliphatic hydroxyl groups is 1. The first-order valence-corrected chi connectivity index (χ1v) is 7.70. The van der Waals surface area contributed by atoms with E-state index in [2.05, 4.69) is 22.0 Å². The summed E-state index contributed by atoms with van der Waals surface area (Å²) in [6.07, 6.45) is 2.15. The van der Waals surface area contributed by atoms with Crippen molar-refractivity contribution in [1.29, 1.82) is 0 Å². The lowest BCUT2D eigenvalue weighted by atomic mass is 9.96. The molecule has 1 aliphatic heterocycles. The molecule has 0 bridgehead atoms. The molecule has 2 nitrogen and oxygen atoms in total. The fourth-order valence-electron chi connectivity index (χ4n) is 2.67. The van der Waals surface area contributed by atoms with E-state index in [1.807, 2.05) is 36.4 Å². The summed E-state index contributed by atoms with van der Waals surface area (Å²) in [7, 11) is 0. The summed E-state index contributed by atoms with van der Waals surface area (Å²) in [4.78, 5) is 0. The molecule has 2 aromatic rings. The predicted octanol–water partition coefficient (Wildman–Crippen LogP) is 4.05. The predicted molar refractivity (Wildman–Crippen MR) is 83.1 cm³/mol. The van der Waals surface area contributed by atoms with E-state index in [-0.39, 0.29) is 0 Å². The van der Waals surface area contributed by atoms with E-state index >= 15 is 0 Å². The molecule has 0 radical (unpaired) electrons. The summed E-state index contributed by atoms with van der Waals surface area (Å²) in [5.41, 5.74) is 3.23. The first-order valence-electron chi connectivity index (χ1n) is 6.91. The van der Waals surface area contributed by atoms with Gasteiger partial charge in [-0.2, -0.15) is 0 Å². The monoisotopic (exact) mass is 332 g/mol. The molecule has 0 spiro atoms. The quantitative estimate of drug-likeness (QED) is 0.918. The van der Waals surface area contributed by atoms with Crippen molar-refractivity contribution < 1.29 is 9.84 Å². The molecule has 1 atom stereocenters. The summed E-state index contributed by atoms with van der Waals surface area (Å²) < 4.78 is 6.80. The number of aryl methyl sites for hydroxylation is 1. The van der Waals surface area contributed by atoms with Crippen LogP contribution >= 0.6 is 15.9 Å². The lowest BCUT2D eigenvalue weighted by Crippen LogP contribution is -2.13. The van der Waals surface area contributed by atoms with Crippen molar-refractivity contribution in [2.45, 2.75) is 25.4 Å². The summed E-state index contributed by atoms with van der Waals surface area (Å²) in [5.74, 6) is 0.890. The van der Waals surface area contributed by atoms with E-state index in [0.29, 0.717) is 6.42 Å². The Hall–Kier alpha value is -1.32. The van der Waals surface area contributed by atoms with Crippen LogP contribution in [0.5, 0.6) is 5.75 Å². The molecule has 1 N–H and O–H groups in total. The molecular formula is C17H17BrO2. The summed E-state index contributed by atoms with van der Waals surface area (Å²) >= 11 is 3.46. The Bertz CT molecular complexity index is 610. The average molecular weight is 333 g/mol. The fourth-order valence-corrected chi connectivity index (χ4v) is 3.12. The Kier molecular flexibility index (Phi) is 4.08. The minimum Gasteiger partial charge on any atom is -0.493 e. The van der Waals surface area contributed by atoms with Gasteiger partial charge in [0, 0.05) is 16.5 Å². The molecule has 3 rings (SSSR count). The third-order valence-corrected chi connectivity index (χ3v) is 4.13. The van der Waals surface area contributed by atoms with Gasteiger partial charge in [-0.3, -0.25) is 0 Å². The highest BCUT2D eigenvalue weighted by molar-refractivity contribution is 9.10. The van der Waals surface area contributed by atoms with Gasteiger partial charge in [-0.25, -0.2) is 0 Å². The van der Waals surface area contributed by atoms with E-state index in [4.69, 9.17) is 4.74 Å². The van der Waals surface area contributed by atoms with Crippen molar-refractivity contribution in [2.24, 2.45) is 0 Å². The normalized spacial score (nSPS) is 15.3. The molecule has 0 aliphatic carbocycles. The Morgan fingerprint density at radius 1 is 1.20 bits per heavy atom. The zero-order valence-electron chi connectivity index (χ0n) is 11.2. The number of rotatable bonds is 3. The topological polar surface area (TPSA) is 29.5 Å². The highest BCUT2D eigenvalue weighted by atomic mass is 79.9. The lowest BCUT2D eigenvalue weighted by Gasteiger charge is -2.22. The minimum absolute atomic E-state index is 0.530. The molecule has 1 unspecified atom stereocenters. The van der Waals surface area contributed by atoms with Gasteiger partial charge in [0.05, 0.1) is 12.7 Å². The number of ether oxygens (including phenoxy) is 1. The van der Waals surface area contributed by atoms with Crippen LogP contribution in [0.2, 0.25) is 0 Å². The molecule has 0 saturated carbocycles. The van der Waals surface area contributed by atoms with Crippen molar-refractivity contribution in [1.82, 2.24) is 0 Å². The maximum Gasteiger partial charge on any atom is 0.128 e. The summed E-state index contributed by atoms with van der Waals surface area (Å²) in [6, 6.07) is 14.1. The van der Waals surface area contributed by atoms with Crippen LogP contribution in [-0.4, -0.2) is 11.7 Å². The minimum atomic E-state index is -0.530. The van der Waals surface area contributed by atoms with Gasteiger partial charge in [0.15, 0.2) is 0 Å². The molecule has 104 valence electrons. The number of benzene rings is 2. The third kappa shape index (κ3) is 2.89. The molecule has 0 aromatic heterocycles. The van der Waals surface area contributed by atoms with Crippen molar-refractivity contribution in [3.05, 3.63) is 63.6 Å². The number of halogens is 1. The molecule has 0 saturated heterocycles. The van der Waals surface area contributed by atoms with Crippen LogP contribution in [0.1, 0.15) is 29.2 Å². The van der Waals surface area contributed by atoms with E-state index in [9.17, 15) is 5.11 Å². The van der Waals surface area contributed by atoms with Gasteiger partial charge in [0.1, 0.15) is 5.75 Å². The standard InChI is InChI=1S/C17H17BrO2/c18-14-7-1-4-12(10-14)11-16(19)15-8-2-5-13-6-3-9-20-17(13)15/h1-2,4-5,7-8,10,16,19H,3,6,9,11H2. The van der Waals surface area contributed by atoms with E-state index in [1.165, 1.54) is 5.56 Å². The fraction of sp³-hybridized carbons (Fsp3) is 0.294. The molecular weight excluding hydrogens is 316 g/mol. The molecule has 0 fully saturated rings. The molecule has 20 heavy (non-hydrogen) atoms. The SMILES string of the molecule is OC(Cc1cccc(Br)c1)c1cccc2c1OCCC2. The molecule has 0 amide bonds. The Labute approximate surface area is 127 Å². The van der Waals surface area contributed by atoms with Crippen LogP contribution in [0, 0.1) is 0 Å². The molecule has 2 aromatic carbocycles. The highest BCUT2D eigenvalue weighted by Crippen LogP contribution is 2.34. The summed E-state index contributed by atoms with van der Waals surface area (Å²) in [6.45, 7) is 0.744. The van der Waals surface area contributed by atoms with Crippen molar-refractivity contribution in [3.8, 4) is 5.75 Å². The van der Waals surface area contributed by atoms with Gasteiger partial charge >= 0.3 is 0 Å². The Morgan fingerprint density at radius 3 is 2.90 bits per heavy atom. The zero-order valence-corrected chi connectivity index (χ0v) is 12.8. The van der Waals surface area contributed by atoms with Crippen LogP contribution < -0.4 is 4.74 Å². The Balaban J connectivity index is 1.85. The maximum absolute atomic E-state index is 10.5. The van der Waals surface area contributed by atoms with Crippen molar-refractivity contribution in [3.63, 3.8) is 0 Å². The van der Waals surface area contributed by atoms with E-state index in [0.717, 1.165) is 40.8 Å². The zero-order chi connectivity index (χ0) is 13.9. The second-order valence-electron chi connectivity index (χ2n) is 5.14. The number of fused-ring (bicyclic) bond motifs is 1. The van der Waals surface area contributed by atoms with Crippen LogP contribution in [0.3, 0.4) is 0 Å². The van der Waals surface area contributed by atoms with Gasteiger partial charge in [-0.05, 0) is 36.1 Å². The van der Waals surface area contributed by atoms with Gasteiger partial charge in [-0.15, -0.1) is 0 Å². The number of hydrogen-bond donors (Lipinski definition) is 1. The van der Waals surface area contributed by atoms with Crippen molar-refractivity contribution >= 4 is 15.9 Å². The molecule has 1 heterocycles. The second-order valence-corrected chi connectivity index (χ2v) is 6.05. The second kappa shape index (κ2) is 5.98. The largest absolute Gasteiger partial charge is 0.493 e. The van der Waals surface area contributed by atoms with Crippen LogP contribution in [0.4, 0.5) is 0 Å². The first kappa shape index (κ1) is 13.7. The first-order chi connectivity index (χ1) is 9.74. The molecule has 1 aliphatic rings. The van der Waals surface area contributed by atoms with Gasteiger partial charge in [0.2, 0.25) is 0 Å². The van der Waals surface area contributed by atoms with Gasteiger partial charge < -0.3 is 9.84 Å². The number of aliphatic hydroxyl groups excluding tert-OH is 1. The maximum atomic E-state index is 10.5. The van der Waals surface area contributed by atoms with Crippen LogP contribution in [0.15, 0.2) is 46.9 Å². The van der Waals surface area contributed by atoms with Gasteiger partial charge in [0.25, 0.3) is 0 Å². The van der Waals surface area contributed by atoms with Gasteiger partial charge in [-0.1, -0.05) is 46.3 Å². The average Bonchev–Trinajstić information content (AvgIpc) is 2.46. The number of para-hydroxylation sites is 1. The molecule has 3 heteroatoms. The van der Waals surface area contributed by atoms with E-state index < -0.39 is 6.10 Å². The smallest absolute Gasteiger partial charge is 0.128 e. The van der Waals surface area contributed by atoms with E-state index in [1.54, 1.807) is 0 Å². The third-order valence-electron chi connectivity index (χ3n) is 3.64. The lowest BCUT2D eigenvalue weighted by molar-refractivity contribution is 0.169. The van der Waals surface area contributed by atoms with Crippen LogP contribution in [-0.2, 0) is 12.8 Å².